The van der Waals surface area contributed by atoms with Crippen LogP contribution in [0.1, 0.15) is 67.7 Å². The predicted molar refractivity (Wildman–Crippen MR) is 106 cm³/mol. The fourth-order valence-electron chi connectivity index (χ4n) is 2.54. The maximum absolute atomic E-state index is 12.2. The van der Waals surface area contributed by atoms with E-state index in [0.717, 1.165) is 4.90 Å². The van der Waals surface area contributed by atoms with Crippen LogP contribution in [0.5, 0.6) is 0 Å². The number of imide groups is 1. The van der Waals surface area contributed by atoms with E-state index in [2.05, 4.69) is 0 Å². The van der Waals surface area contributed by atoms with Gasteiger partial charge in [-0.25, -0.2) is 0 Å². The summed E-state index contributed by atoms with van der Waals surface area (Å²) in [5.74, 6) is -1.89. The molecule has 1 atom stereocenters. The number of esters is 1. The Hall–Kier alpha value is -2.28. The van der Waals surface area contributed by atoms with Crippen molar-refractivity contribution in [2.45, 2.75) is 79.4 Å². The lowest BCUT2D eigenvalue weighted by Crippen LogP contribution is -2.34. The van der Waals surface area contributed by atoms with Gasteiger partial charge in [0.1, 0.15) is 17.8 Å². The molecule has 0 saturated carbocycles. The molecule has 0 unspecified atom stereocenters. The van der Waals surface area contributed by atoms with Gasteiger partial charge in [0.05, 0.1) is 6.10 Å². The quantitative estimate of drug-likeness (QED) is 0.385. The van der Waals surface area contributed by atoms with Crippen molar-refractivity contribution in [3.8, 4) is 0 Å². The van der Waals surface area contributed by atoms with E-state index >= 15 is 0 Å². The number of hydrogen-bond donors (Lipinski definition) is 1. The molecule has 1 N–H and O–H groups in total. The lowest BCUT2D eigenvalue weighted by Gasteiger charge is -2.19. The predicted octanol–water partition coefficient (Wildman–Crippen LogP) is 2.72. The van der Waals surface area contributed by atoms with E-state index < -0.39 is 41.7 Å². The van der Waals surface area contributed by atoms with Crippen LogP contribution in [0.3, 0.4) is 0 Å². The van der Waals surface area contributed by atoms with E-state index in [4.69, 9.17) is 4.74 Å². The average Bonchev–Trinajstić information content (AvgIpc) is 2.77. The Morgan fingerprint density at radius 2 is 1.75 bits per heavy atom. The van der Waals surface area contributed by atoms with Crippen molar-refractivity contribution in [2.75, 3.05) is 6.54 Å². The van der Waals surface area contributed by atoms with E-state index in [-0.39, 0.29) is 19.4 Å². The molecule has 0 aliphatic carbocycles. The summed E-state index contributed by atoms with van der Waals surface area (Å²) >= 11 is 0. The molecule has 0 radical (unpaired) electrons. The molecular weight excluding hydrogens is 362 g/mol. The standard InChI is InChI=1S/C19H27NO6.C2H6/c1-6-7-15-12(2)17(24)20(18(15)25)9-8-13(21)10-14(22)11-16(23)26-19(3,4)5;1-2/h6-7,13,21H,8-11H2,1-5H3;1-2H3/b7-6-;/t13-;/m1./s1. The second kappa shape index (κ2) is 11.5. The number of rotatable bonds is 8. The number of carbonyl (C=O) groups is 4. The number of aliphatic hydroxyl groups excluding tert-OH is 1. The minimum Gasteiger partial charge on any atom is -0.460 e. The molecule has 158 valence electrons. The first kappa shape index (κ1) is 25.7. The molecule has 0 saturated heterocycles. The van der Waals surface area contributed by atoms with E-state index in [1.165, 1.54) is 0 Å². The number of ketones is 1. The summed E-state index contributed by atoms with van der Waals surface area (Å²) in [5, 5.41) is 9.98. The second-order valence-electron chi connectivity index (χ2n) is 7.25. The molecule has 1 rings (SSSR count). The third-order valence-electron chi connectivity index (χ3n) is 3.69. The number of Topliss-reactive ketones (excluding diaryl/α,β-unsaturated/α-hetero) is 1. The molecule has 0 aromatic rings. The number of amides is 2. The third kappa shape index (κ3) is 8.17. The maximum Gasteiger partial charge on any atom is 0.313 e. The highest BCUT2D eigenvalue weighted by Crippen LogP contribution is 2.22. The minimum atomic E-state index is -1.04. The maximum atomic E-state index is 12.2. The Labute approximate surface area is 167 Å². The second-order valence-corrected chi connectivity index (χ2v) is 7.25. The van der Waals surface area contributed by atoms with Gasteiger partial charge in [-0.3, -0.25) is 24.1 Å². The van der Waals surface area contributed by atoms with Crippen molar-refractivity contribution in [3.05, 3.63) is 23.3 Å². The number of carbonyl (C=O) groups excluding carboxylic acids is 4. The van der Waals surface area contributed by atoms with Crippen LogP contribution in [0.2, 0.25) is 0 Å². The summed E-state index contributed by atoms with van der Waals surface area (Å²) in [6, 6.07) is 0. The van der Waals surface area contributed by atoms with Gasteiger partial charge in [-0.05, 0) is 41.0 Å². The normalized spacial score (nSPS) is 15.6. The molecule has 0 spiro atoms. The monoisotopic (exact) mass is 395 g/mol. The summed E-state index contributed by atoms with van der Waals surface area (Å²) in [5.41, 5.74) is 0.0266. The van der Waals surface area contributed by atoms with Gasteiger partial charge in [-0.2, -0.15) is 0 Å². The first-order valence-corrected chi connectivity index (χ1v) is 9.57. The highest BCUT2D eigenvalue weighted by atomic mass is 16.6. The zero-order valence-corrected chi connectivity index (χ0v) is 18.0. The van der Waals surface area contributed by atoms with Crippen LogP contribution in [-0.2, 0) is 23.9 Å². The molecule has 0 aromatic heterocycles. The van der Waals surface area contributed by atoms with Crippen molar-refractivity contribution >= 4 is 23.6 Å². The van der Waals surface area contributed by atoms with Crippen LogP contribution in [-0.4, -0.2) is 51.8 Å². The summed E-state index contributed by atoms with van der Waals surface area (Å²) in [4.78, 5) is 48.8. The number of allylic oxidation sites excluding steroid dienone is 1. The van der Waals surface area contributed by atoms with Crippen molar-refractivity contribution in [1.29, 1.82) is 0 Å². The molecule has 0 aromatic carbocycles. The lowest BCUT2D eigenvalue weighted by atomic mass is 10.1. The van der Waals surface area contributed by atoms with Crippen molar-refractivity contribution in [1.82, 2.24) is 4.90 Å². The van der Waals surface area contributed by atoms with Crippen molar-refractivity contribution in [3.63, 3.8) is 0 Å². The molecule has 28 heavy (non-hydrogen) atoms. The Morgan fingerprint density at radius 3 is 2.25 bits per heavy atom. The van der Waals surface area contributed by atoms with Gasteiger partial charge in [-0.15, -0.1) is 0 Å². The first-order valence-electron chi connectivity index (χ1n) is 9.57. The largest absolute Gasteiger partial charge is 0.460 e. The number of hydrogen-bond acceptors (Lipinski definition) is 6. The van der Waals surface area contributed by atoms with Gasteiger partial charge < -0.3 is 9.84 Å². The smallest absolute Gasteiger partial charge is 0.313 e. The number of ether oxygens (including phenoxy) is 1. The molecule has 7 heteroatoms. The van der Waals surface area contributed by atoms with Gasteiger partial charge in [0.15, 0.2) is 0 Å². The SMILES string of the molecule is C/C=C\C1=C(C)C(=O)N(CC[C@@H](O)CC(=O)CC(=O)OC(C)(C)C)C1=O.CC. The average molecular weight is 395 g/mol. The summed E-state index contributed by atoms with van der Waals surface area (Å²) in [6.45, 7) is 12.4. The summed E-state index contributed by atoms with van der Waals surface area (Å²) in [7, 11) is 0. The fraction of sp³-hybridized carbons (Fsp3) is 0.619. The van der Waals surface area contributed by atoms with Gasteiger partial charge in [0.25, 0.3) is 11.8 Å². The van der Waals surface area contributed by atoms with Gasteiger partial charge in [0, 0.05) is 24.1 Å². The topological polar surface area (TPSA) is 101 Å². The highest BCUT2D eigenvalue weighted by Gasteiger charge is 2.34. The Morgan fingerprint density at radius 1 is 1.18 bits per heavy atom. The van der Waals surface area contributed by atoms with Gasteiger partial charge in [0.2, 0.25) is 0 Å². The third-order valence-corrected chi connectivity index (χ3v) is 3.69. The fourth-order valence-corrected chi connectivity index (χ4v) is 2.54. The zero-order valence-electron chi connectivity index (χ0n) is 18.0. The van der Waals surface area contributed by atoms with Crippen LogP contribution in [0, 0.1) is 0 Å². The van der Waals surface area contributed by atoms with Crippen molar-refractivity contribution < 1.29 is 29.0 Å². The molecule has 7 nitrogen and oxygen atoms in total. The summed E-state index contributed by atoms with van der Waals surface area (Å²) < 4.78 is 5.05. The van der Waals surface area contributed by atoms with Crippen LogP contribution >= 0.6 is 0 Å². The van der Waals surface area contributed by atoms with Gasteiger partial charge in [-0.1, -0.05) is 26.0 Å². The van der Waals surface area contributed by atoms with E-state index in [0.29, 0.717) is 11.1 Å². The number of aliphatic hydroxyl groups is 1. The van der Waals surface area contributed by atoms with Crippen LogP contribution in [0.25, 0.3) is 0 Å². The van der Waals surface area contributed by atoms with Gasteiger partial charge >= 0.3 is 5.97 Å². The van der Waals surface area contributed by atoms with E-state index in [1.54, 1.807) is 46.8 Å². The Kier molecular flexibility index (Phi) is 10.6. The van der Waals surface area contributed by atoms with Crippen LogP contribution in [0.15, 0.2) is 23.3 Å². The van der Waals surface area contributed by atoms with Crippen LogP contribution < -0.4 is 0 Å². The molecule has 1 heterocycles. The lowest BCUT2D eigenvalue weighted by molar-refractivity contribution is -0.156. The summed E-state index contributed by atoms with van der Waals surface area (Å²) in [6.07, 6.45) is 1.63. The van der Waals surface area contributed by atoms with E-state index in [1.807, 2.05) is 13.8 Å². The molecule has 0 fully saturated rings. The molecule has 1 aliphatic heterocycles. The molecular formula is C21H33NO6. The minimum absolute atomic E-state index is 0.0109. The molecule has 0 bridgehead atoms. The number of nitrogens with zero attached hydrogens (tertiary/aromatic N) is 1. The highest BCUT2D eigenvalue weighted by molar-refractivity contribution is 6.20. The van der Waals surface area contributed by atoms with Crippen molar-refractivity contribution in [2.24, 2.45) is 0 Å². The first-order chi connectivity index (χ1) is 13.0. The molecule has 1 aliphatic rings. The zero-order chi connectivity index (χ0) is 22.1. The van der Waals surface area contributed by atoms with Crippen LogP contribution in [0.4, 0.5) is 0 Å². The Bertz CT molecular complexity index is 654. The van der Waals surface area contributed by atoms with E-state index in [9.17, 15) is 24.3 Å². The molecule has 2 amide bonds. The Balaban J connectivity index is 0.00000352.